The molecule has 2 aromatic rings. The highest BCUT2D eigenvalue weighted by Gasteiger charge is 2.21. The van der Waals surface area contributed by atoms with Gasteiger partial charge >= 0.3 is 0 Å². The number of hydrogen-bond donors (Lipinski definition) is 0. The minimum absolute atomic E-state index is 0.147. The molecule has 1 aliphatic rings. The number of aryl methyl sites for hydroxylation is 1. The predicted octanol–water partition coefficient (Wildman–Crippen LogP) is 3.94. The summed E-state index contributed by atoms with van der Waals surface area (Å²) in [5, 5.41) is 0. The van der Waals surface area contributed by atoms with E-state index in [9.17, 15) is 16.8 Å². The largest absolute Gasteiger partial charge is 0.224 e. The van der Waals surface area contributed by atoms with Crippen molar-refractivity contribution in [3.8, 4) is 0 Å². The minimum atomic E-state index is -3.57. The van der Waals surface area contributed by atoms with Crippen LogP contribution in [0.15, 0.2) is 58.3 Å². The topological polar surface area (TPSA) is 68.3 Å². The van der Waals surface area contributed by atoms with Crippen molar-refractivity contribution in [3.05, 3.63) is 65.2 Å². The Bertz CT molecular complexity index is 1060. The SMILES string of the molecule is Cc1ccc(S(=O)(=O)Cc2cc(S(C)(=O)=O)ccc2C2=CCCC2)cc1. The van der Waals surface area contributed by atoms with Gasteiger partial charge in [-0.05, 0) is 67.2 Å². The highest BCUT2D eigenvalue weighted by Crippen LogP contribution is 2.33. The Labute approximate surface area is 155 Å². The molecule has 26 heavy (non-hydrogen) atoms. The van der Waals surface area contributed by atoms with Gasteiger partial charge in [-0.25, -0.2) is 16.8 Å². The fourth-order valence-electron chi connectivity index (χ4n) is 3.18. The summed E-state index contributed by atoms with van der Waals surface area (Å²) in [5.74, 6) is -0.216. The van der Waals surface area contributed by atoms with Gasteiger partial charge in [0, 0.05) is 6.26 Å². The molecule has 0 atom stereocenters. The van der Waals surface area contributed by atoms with Crippen molar-refractivity contribution < 1.29 is 16.8 Å². The zero-order valence-electron chi connectivity index (χ0n) is 14.9. The fourth-order valence-corrected chi connectivity index (χ4v) is 5.22. The van der Waals surface area contributed by atoms with Crippen LogP contribution >= 0.6 is 0 Å². The Morgan fingerprint density at radius 2 is 1.58 bits per heavy atom. The molecule has 6 heteroatoms. The normalized spacial score (nSPS) is 15.1. The first-order chi connectivity index (χ1) is 12.2. The van der Waals surface area contributed by atoms with Crippen LogP contribution in [0.3, 0.4) is 0 Å². The van der Waals surface area contributed by atoms with Crippen molar-refractivity contribution in [2.24, 2.45) is 0 Å². The van der Waals surface area contributed by atoms with Crippen molar-refractivity contribution in [2.75, 3.05) is 6.26 Å². The molecule has 0 saturated heterocycles. The average Bonchev–Trinajstić information content (AvgIpc) is 3.08. The van der Waals surface area contributed by atoms with Crippen molar-refractivity contribution >= 4 is 25.2 Å². The van der Waals surface area contributed by atoms with Crippen LogP contribution < -0.4 is 0 Å². The molecular weight excluding hydrogens is 368 g/mol. The van der Waals surface area contributed by atoms with Gasteiger partial charge in [0.1, 0.15) is 0 Å². The van der Waals surface area contributed by atoms with E-state index in [0.717, 1.165) is 42.2 Å². The number of benzene rings is 2. The maximum Gasteiger partial charge on any atom is 0.182 e. The molecule has 0 spiro atoms. The molecule has 0 aliphatic heterocycles. The average molecular weight is 391 g/mol. The first-order valence-corrected chi connectivity index (χ1v) is 12.0. The lowest BCUT2D eigenvalue weighted by atomic mass is 10.0. The Balaban J connectivity index is 2.08. The highest BCUT2D eigenvalue weighted by molar-refractivity contribution is 7.91. The third kappa shape index (κ3) is 4.07. The van der Waals surface area contributed by atoms with Gasteiger partial charge in [-0.3, -0.25) is 0 Å². The summed E-state index contributed by atoms with van der Waals surface area (Å²) < 4.78 is 49.6. The molecule has 0 bridgehead atoms. The molecule has 0 radical (unpaired) electrons. The first kappa shape index (κ1) is 18.9. The van der Waals surface area contributed by atoms with Gasteiger partial charge < -0.3 is 0 Å². The van der Waals surface area contributed by atoms with Crippen molar-refractivity contribution in [1.82, 2.24) is 0 Å². The van der Waals surface area contributed by atoms with Gasteiger partial charge in [-0.1, -0.05) is 29.8 Å². The van der Waals surface area contributed by atoms with E-state index >= 15 is 0 Å². The van der Waals surface area contributed by atoms with Crippen LogP contribution in [0, 0.1) is 6.92 Å². The monoisotopic (exact) mass is 390 g/mol. The smallest absolute Gasteiger partial charge is 0.182 e. The summed E-state index contributed by atoms with van der Waals surface area (Å²) >= 11 is 0. The van der Waals surface area contributed by atoms with E-state index in [0.29, 0.717) is 5.56 Å². The molecule has 0 fully saturated rings. The van der Waals surface area contributed by atoms with E-state index in [2.05, 4.69) is 6.08 Å². The number of allylic oxidation sites excluding steroid dienone is 2. The summed E-state index contributed by atoms with van der Waals surface area (Å²) in [6.07, 6.45) is 6.13. The van der Waals surface area contributed by atoms with Crippen LogP contribution in [0.2, 0.25) is 0 Å². The van der Waals surface area contributed by atoms with Crippen molar-refractivity contribution in [1.29, 1.82) is 0 Å². The Kier molecular flexibility index (Phi) is 5.08. The standard InChI is InChI=1S/C20H22O4S2/c1-15-7-9-18(10-8-15)26(23,24)14-17-13-19(25(2,21)22)11-12-20(17)16-5-3-4-6-16/h5,7-13H,3-4,6,14H2,1-2H3. The lowest BCUT2D eigenvalue weighted by Crippen LogP contribution is -2.08. The van der Waals surface area contributed by atoms with Crippen molar-refractivity contribution in [2.45, 2.75) is 41.7 Å². The molecule has 0 amide bonds. The minimum Gasteiger partial charge on any atom is -0.224 e. The maximum absolute atomic E-state index is 12.9. The van der Waals surface area contributed by atoms with Gasteiger partial charge in [0.25, 0.3) is 0 Å². The zero-order chi connectivity index (χ0) is 18.9. The molecule has 2 aromatic carbocycles. The van der Waals surface area contributed by atoms with Crippen LogP contribution in [0.1, 0.15) is 36.0 Å². The van der Waals surface area contributed by atoms with E-state index in [4.69, 9.17) is 0 Å². The molecule has 0 unspecified atom stereocenters. The molecule has 0 N–H and O–H groups in total. The summed E-state index contributed by atoms with van der Waals surface area (Å²) in [6, 6.07) is 11.5. The molecule has 4 nitrogen and oxygen atoms in total. The quantitative estimate of drug-likeness (QED) is 0.775. The molecule has 1 aliphatic carbocycles. The lowest BCUT2D eigenvalue weighted by Gasteiger charge is -2.13. The third-order valence-electron chi connectivity index (χ3n) is 4.62. The van der Waals surface area contributed by atoms with Gasteiger partial charge in [0.2, 0.25) is 0 Å². The van der Waals surface area contributed by atoms with E-state index in [1.807, 2.05) is 6.92 Å². The van der Waals surface area contributed by atoms with Gasteiger partial charge in [0.05, 0.1) is 15.5 Å². The number of sulfone groups is 2. The molecule has 138 valence electrons. The van der Waals surface area contributed by atoms with Crippen LogP contribution in [-0.2, 0) is 25.4 Å². The van der Waals surface area contributed by atoms with E-state index in [1.54, 1.807) is 36.4 Å². The van der Waals surface area contributed by atoms with Gasteiger partial charge in [-0.15, -0.1) is 0 Å². The van der Waals surface area contributed by atoms with E-state index in [-0.39, 0.29) is 15.5 Å². The second-order valence-corrected chi connectivity index (χ2v) is 10.8. The Morgan fingerprint density at radius 3 is 2.15 bits per heavy atom. The third-order valence-corrected chi connectivity index (χ3v) is 7.41. The summed E-state index contributed by atoms with van der Waals surface area (Å²) in [7, 11) is -6.97. The fraction of sp³-hybridized carbons (Fsp3) is 0.300. The molecule has 0 heterocycles. The first-order valence-electron chi connectivity index (χ1n) is 8.49. The second-order valence-electron chi connectivity index (χ2n) is 6.78. The lowest BCUT2D eigenvalue weighted by molar-refractivity contribution is 0.594. The predicted molar refractivity (Wildman–Crippen MR) is 103 cm³/mol. The van der Waals surface area contributed by atoms with Crippen LogP contribution in [0.25, 0.3) is 5.57 Å². The molecule has 0 aromatic heterocycles. The molecular formula is C20H22O4S2. The summed E-state index contributed by atoms with van der Waals surface area (Å²) in [4.78, 5) is 0.396. The molecule has 3 rings (SSSR count). The van der Waals surface area contributed by atoms with Crippen LogP contribution in [0.5, 0.6) is 0 Å². The number of hydrogen-bond acceptors (Lipinski definition) is 4. The number of rotatable bonds is 5. The van der Waals surface area contributed by atoms with Crippen LogP contribution in [-0.4, -0.2) is 23.1 Å². The summed E-state index contributed by atoms with van der Waals surface area (Å²) in [6.45, 7) is 1.90. The highest BCUT2D eigenvalue weighted by atomic mass is 32.2. The van der Waals surface area contributed by atoms with Crippen molar-refractivity contribution in [3.63, 3.8) is 0 Å². The molecule has 0 saturated carbocycles. The van der Waals surface area contributed by atoms with Gasteiger partial charge in [0.15, 0.2) is 19.7 Å². The Hall–Kier alpha value is -1.92. The van der Waals surface area contributed by atoms with E-state index < -0.39 is 19.7 Å². The van der Waals surface area contributed by atoms with E-state index in [1.165, 1.54) is 6.07 Å². The Morgan fingerprint density at radius 1 is 0.923 bits per heavy atom. The summed E-state index contributed by atoms with van der Waals surface area (Å²) in [5.41, 5.74) is 3.46. The van der Waals surface area contributed by atoms with Crippen LogP contribution in [0.4, 0.5) is 0 Å². The zero-order valence-corrected chi connectivity index (χ0v) is 16.5. The maximum atomic E-state index is 12.9. The van der Waals surface area contributed by atoms with Gasteiger partial charge in [-0.2, -0.15) is 0 Å². The second kappa shape index (κ2) is 7.00.